The van der Waals surface area contributed by atoms with Crippen LogP contribution in [0.15, 0.2) is 14.1 Å². The van der Waals surface area contributed by atoms with Gasteiger partial charge in [-0.3, -0.25) is 0 Å². The molecule has 1 rings (SSSR count). The monoisotopic (exact) mass is 341 g/mol. The number of rotatable bonds is 6. The summed E-state index contributed by atoms with van der Waals surface area (Å²) in [6.45, 7) is 4.16. The molecule has 0 aliphatic heterocycles. The fourth-order valence-corrected chi connectivity index (χ4v) is 4.82. The smallest absolute Gasteiger partial charge is 0.250 e. The molecular formula is C10H16BrNO3S2. The number of thiophene rings is 1. The summed E-state index contributed by atoms with van der Waals surface area (Å²) in [5.41, 5.74) is 0.926. The summed E-state index contributed by atoms with van der Waals surface area (Å²) in [6.07, 6.45) is 0.693. The minimum Gasteiger partial charge on any atom is -0.383 e. The molecule has 7 heteroatoms. The molecule has 0 saturated carbocycles. The summed E-state index contributed by atoms with van der Waals surface area (Å²) in [6, 6.07) is 1.47. The molecule has 1 heterocycles. The fourth-order valence-electron chi connectivity index (χ4n) is 1.28. The molecule has 0 amide bonds. The van der Waals surface area contributed by atoms with E-state index in [0.717, 1.165) is 9.35 Å². The Hall–Kier alpha value is 0.0500. The zero-order chi connectivity index (χ0) is 13.1. The largest absolute Gasteiger partial charge is 0.383 e. The first-order chi connectivity index (χ1) is 7.90. The Bertz CT molecular complexity index is 450. The van der Waals surface area contributed by atoms with Crippen molar-refractivity contribution < 1.29 is 13.2 Å². The number of hydrogen-bond donors (Lipinski definition) is 1. The molecule has 0 bridgehead atoms. The van der Waals surface area contributed by atoms with Crippen LogP contribution in [0, 0.1) is 6.92 Å². The average Bonchev–Trinajstić information content (AvgIpc) is 2.59. The number of sulfonamides is 1. The van der Waals surface area contributed by atoms with E-state index in [0.29, 0.717) is 17.2 Å². The SMILES string of the molecule is CCC(COC)NS(=O)(=O)c1cc(C)c(Br)s1. The van der Waals surface area contributed by atoms with E-state index in [1.165, 1.54) is 11.3 Å². The van der Waals surface area contributed by atoms with Crippen molar-refractivity contribution >= 4 is 37.3 Å². The second-order valence-corrected chi connectivity index (χ2v) is 8.01. The van der Waals surface area contributed by atoms with E-state index < -0.39 is 10.0 Å². The Balaban J connectivity index is 2.88. The van der Waals surface area contributed by atoms with Crippen molar-refractivity contribution in [2.24, 2.45) is 0 Å². The maximum Gasteiger partial charge on any atom is 0.250 e. The lowest BCUT2D eigenvalue weighted by atomic mass is 10.3. The Morgan fingerprint density at radius 1 is 1.59 bits per heavy atom. The molecule has 17 heavy (non-hydrogen) atoms. The van der Waals surface area contributed by atoms with Crippen LogP contribution in [0.3, 0.4) is 0 Å². The molecule has 0 spiro atoms. The lowest BCUT2D eigenvalue weighted by Crippen LogP contribution is -2.37. The van der Waals surface area contributed by atoms with Crippen LogP contribution in [0.25, 0.3) is 0 Å². The van der Waals surface area contributed by atoms with E-state index in [1.54, 1.807) is 13.2 Å². The second kappa shape index (κ2) is 6.29. The lowest BCUT2D eigenvalue weighted by Gasteiger charge is -2.15. The van der Waals surface area contributed by atoms with Crippen molar-refractivity contribution in [2.45, 2.75) is 30.5 Å². The van der Waals surface area contributed by atoms with E-state index in [1.807, 2.05) is 13.8 Å². The van der Waals surface area contributed by atoms with Crippen LogP contribution in [-0.2, 0) is 14.8 Å². The quantitative estimate of drug-likeness (QED) is 0.864. The standard InChI is InChI=1S/C10H16BrNO3S2/c1-4-8(6-15-3)12-17(13,14)9-5-7(2)10(11)16-9/h5,8,12H,4,6H2,1-3H3. The van der Waals surface area contributed by atoms with E-state index in [-0.39, 0.29) is 6.04 Å². The zero-order valence-electron chi connectivity index (χ0n) is 9.99. The summed E-state index contributed by atoms with van der Waals surface area (Å²) >= 11 is 4.54. The molecule has 0 aliphatic carbocycles. The summed E-state index contributed by atoms with van der Waals surface area (Å²) in [7, 11) is -1.88. The molecule has 1 N–H and O–H groups in total. The highest BCUT2D eigenvalue weighted by molar-refractivity contribution is 9.11. The van der Waals surface area contributed by atoms with E-state index in [2.05, 4.69) is 20.7 Å². The predicted octanol–water partition coefficient (Wildman–Crippen LogP) is 2.52. The Morgan fingerprint density at radius 3 is 2.65 bits per heavy atom. The maximum atomic E-state index is 12.1. The van der Waals surface area contributed by atoms with Crippen molar-refractivity contribution in [1.29, 1.82) is 0 Å². The third-order valence-electron chi connectivity index (χ3n) is 2.28. The van der Waals surface area contributed by atoms with Gasteiger partial charge in [-0.05, 0) is 40.9 Å². The normalized spacial score (nSPS) is 13.9. The molecule has 1 unspecified atom stereocenters. The highest BCUT2D eigenvalue weighted by Gasteiger charge is 2.21. The van der Waals surface area contributed by atoms with Crippen LogP contribution in [-0.4, -0.2) is 28.2 Å². The number of aryl methyl sites for hydroxylation is 1. The van der Waals surface area contributed by atoms with Crippen LogP contribution >= 0.6 is 27.3 Å². The summed E-state index contributed by atoms with van der Waals surface area (Å²) in [5, 5.41) is 0. The molecule has 4 nitrogen and oxygen atoms in total. The van der Waals surface area contributed by atoms with E-state index in [9.17, 15) is 8.42 Å². The van der Waals surface area contributed by atoms with Gasteiger partial charge in [0.1, 0.15) is 4.21 Å². The second-order valence-electron chi connectivity index (χ2n) is 3.70. The molecule has 1 aromatic rings. The predicted molar refractivity (Wildman–Crippen MR) is 73.0 cm³/mol. The van der Waals surface area contributed by atoms with E-state index >= 15 is 0 Å². The van der Waals surface area contributed by atoms with Crippen LogP contribution in [0.1, 0.15) is 18.9 Å². The minimum atomic E-state index is -3.44. The van der Waals surface area contributed by atoms with Gasteiger partial charge < -0.3 is 4.74 Å². The number of hydrogen-bond acceptors (Lipinski definition) is 4. The molecule has 1 atom stereocenters. The first-order valence-corrected chi connectivity index (χ1v) is 8.27. The fraction of sp³-hybridized carbons (Fsp3) is 0.600. The molecule has 98 valence electrons. The number of ether oxygens (including phenoxy) is 1. The Morgan fingerprint density at radius 2 is 2.24 bits per heavy atom. The molecule has 0 radical (unpaired) electrons. The molecule has 0 fully saturated rings. The molecule has 0 aliphatic rings. The zero-order valence-corrected chi connectivity index (χ0v) is 13.2. The molecular weight excluding hydrogens is 326 g/mol. The van der Waals surface area contributed by atoms with Gasteiger partial charge in [-0.25, -0.2) is 13.1 Å². The Labute approximate surface area is 115 Å². The first-order valence-electron chi connectivity index (χ1n) is 5.18. The minimum absolute atomic E-state index is 0.189. The van der Waals surface area contributed by atoms with Gasteiger partial charge in [0, 0.05) is 13.2 Å². The van der Waals surface area contributed by atoms with Crippen molar-refractivity contribution in [2.75, 3.05) is 13.7 Å². The number of methoxy groups -OCH3 is 1. The lowest BCUT2D eigenvalue weighted by molar-refractivity contribution is 0.173. The summed E-state index contributed by atoms with van der Waals surface area (Å²) in [4.78, 5) is 0. The third kappa shape index (κ3) is 4.03. The van der Waals surface area contributed by atoms with Gasteiger partial charge in [0.2, 0.25) is 10.0 Å². The van der Waals surface area contributed by atoms with Gasteiger partial charge in [0.25, 0.3) is 0 Å². The van der Waals surface area contributed by atoms with Crippen LogP contribution in [0.4, 0.5) is 0 Å². The third-order valence-corrected chi connectivity index (χ3v) is 6.41. The molecule has 1 aromatic heterocycles. The van der Waals surface area contributed by atoms with Crippen molar-refractivity contribution in [3.8, 4) is 0 Å². The molecule has 0 saturated heterocycles. The van der Waals surface area contributed by atoms with Gasteiger partial charge in [0.05, 0.1) is 10.4 Å². The van der Waals surface area contributed by atoms with Crippen LogP contribution in [0.2, 0.25) is 0 Å². The van der Waals surface area contributed by atoms with Gasteiger partial charge in [-0.2, -0.15) is 0 Å². The first kappa shape index (κ1) is 15.1. The van der Waals surface area contributed by atoms with Crippen LogP contribution < -0.4 is 4.72 Å². The van der Waals surface area contributed by atoms with Crippen molar-refractivity contribution in [1.82, 2.24) is 4.72 Å². The maximum absolute atomic E-state index is 12.1. The highest BCUT2D eigenvalue weighted by Crippen LogP contribution is 2.30. The van der Waals surface area contributed by atoms with Crippen LogP contribution in [0.5, 0.6) is 0 Å². The van der Waals surface area contributed by atoms with Crippen molar-refractivity contribution in [3.05, 3.63) is 15.4 Å². The van der Waals surface area contributed by atoms with Gasteiger partial charge in [0.15, 0.2) is 0 Å². The summed E-state index contributed by atoms with van der Waals surface area (Å²) < 4.78 is 32.9. The van der Waals surface area contributed by atoms with E-state index in [4.69, 9.17) is 4.74 Å². The highest BCUT2D eigenvalue weighted by atomic mass is 79.9. The summed E-state index contributed by atoms with van der Waals surface area (Å²) in [5.74, 6) is 0. The van der Waals surface area contributed by atoms with Gasteiger partial charge >= 0.3 is 0 Å². The topological polar surface area (TPSA) is 55.4 Å². The number of halogens is 1. The van der Waals surface area contributed by atoms with Gasteiger partial charge in [-0.15, -0.1) is 11.3 Å². The van der Waals surface area contributed by atoms with Crippen molar-refractivity contribution in [3.63, 3.8) is 0 Å². The molecule has 0 aromatic carbocycles. The average molecular weight is 342 g/mol. The van der Waals surface area contributed by atoms with Gasteiger partial charge in [-0.1, -0.05) is 6.92 Å². The Kier molecular flexibility index (Phi) is 5.59. The number of nitrogens with one attached hydrogen (secondary N) is 1.